The highest BCUT2D eigenvalue weighted by Crippen LogP contribution is 2.51. The van der Waals surface area contributed by atoms with Crippen LogP contribution in [0.4, 0.5) is 0 Å². The van der Waals surface area contributed by atoms with Gasteiger partial charge in [-0.1, -0.05) is 39.2 Å². The predicted octanol–water partition coefficient (Wildman–Crippen LogP) is 4.81. The molecule has 0 bridgehead atoms. The Morgan fingerprint density at radius 1 is 1.18 bits per heavy atom. The van der Waals surface area contributed by atoms with E-state index in [0.717, 1.165) is 44.3 Å². The van der Waals surface area contributed by atoms with E-state index in [-0.39, 0.29) is 35.6 Å². The third-order valence-corrected chi connectivity index (χ3v) is 8.84. The van der Waals surface area contributed by atoms with Gasteiger partial charge in [-0.15, -0.1) is 0 Å². The van der Waals surface area contributed by atoms with Crippen LogP contribution in [0.5, 0.6) is 0 Å². The molecule has 0 aliphatic heterocycles. The molecule has 3 saturated carbocycles. The van der Waals surface area contributed by atoms with Crippen LogP contribution >= 0.6 is 0 Å². The number of hydrogen-bond donors (Lipinski definition) is 1. The average Bonchev–Trinajstić information content (AvgIpc) is 3.61. The number of amides is 1. The summed E-state index contributed by atoms with van der Waals surface area (Å²) in [5.74, 6) is 1.44. The first-order chi connectivity index (χ1) is 15.7. The molecule has 5 nitrogen and oxygen atoms in total. The minimum atomic E-state index is -1.11. The lowest BCUT2D eigenvalue weighted by Gasteiger charge is -2.52. The highest BCUT2D eigenvalue weighted by molar-refractivity contribution is 5.81. The first-order valence-electron chi connectivity index (χ1n) is 13.3. The van der Waals surface area contributed by atoms with E-state index in [1.54, 1.807) is 0 Å². The summed E-state index contributed by atoms with van der Waals surface area (Å²) in [4.78, 5) is 27.0. The molecule has 184 valence electrons. The average molecular weight is 458 g/mol. The van der Waals surface area contributed by atoms with Crippen LogP contribution in [0.1, 0.15) is 85.5 Å². The summed E-state index contributed by atoms with van der Waals surface area (Å²) in [6.45, 7) is 9.38. The van der Waals surface area contributed by atoms with Gasteiger partial charge in [-0.3, -0.25) is 9.59 Å². The summed E-state index contributed by atoms with van der Waals surface area (Å²) in [5.41, 5.74) is -0.162. The number of esters is 1. The molecule has 33 heavy (non-hydrogen) atoms. The van der Waals surface area contributed by atoms with Gasteiger partial charge in [0, 0.05) is 31.8 Å². The van der Waals surface area contributed by atoms with Crippen LogP contribution in [-0.2, 0) is 14.3 Å². The van der Waals surface area contributed by atoms with E-state index < -0.39 is 11.7 Å². The Bertz CT molecular complexity index is 753. The van der Waals surface area contributed by atoms with Crippen molar-refractivity contribution in [3.63, 3.8) is 0 Å². The molecule has 0 aromatic heterocycles. The van der Waals surface area contributed by atoms with E-state index in [1.807, 2.05) is 6.92 Å². The van der Waals surface area contributed by atoms with E-state index in [1.165, 1.54) is 39.0 Å². The smallest absolute Gasteiger partial charge is 0.303 e. The number of aliphatic hydroxyl groups is 1. The normalized spacial score (nSPS) is 35.8. The Hall–Kier alpha value is -1.36. The summed E-state index contributed by atoms with van der Waals surface area (Å²) in [6, 6.07) is 0. The number of carbonyl (C=O) groups excluding carboxylic acids is 2. The molecule has 4 aliphatic rings. The fourth-order valence-electron chi connectivity index (χ4n) is 6.61. The molecule has 0 heterocycles. The lowest BCUT2D eigenvalue weighted by molar-refractivity contribution is -0.148. The zero-order valence-corrected chi connectivity index (χ0v) is 21.0. The zero-order valence-electron chi connectivity index (χ0n) is 21.0. The van der Waals surface area contributed by atoms with Gasteiger partial charge in [-0.25, -0.2) is 0 Å². The van der Waals surface area contributed by atoms with Crippen LogP contribution in [0.2, 0.25) is 0 Å². The van der Waals surface area contributed by atoms with Gasteiger partial charge >= 0.3 is 5.97 Å². The Morgan fingerprint density at radius 2 is 1.88 bits per heavy atom. The molecule has 0 aromatic rings. The molecule has 0 unspecified atom stereocenters. The Labute approximate surface area is 200 Å². The molecule has 0 spiro atoms. The third kappa shape index (κ3) is 5.49. The van der Waals surface area contributed by atoms with E-state index in [9.17, 15) is 14.7 Å². The van der Waals surface area contributed by atoms with E-state index in [2.05, 4.69) is 31.2 Å². The lowest BCUT2D eigenvalue weighted by Crippen LogP contribution is -2.57. The van der Waals surface area contributed by atoms with E-state index in [4.69, 9.17) is 4.74 Å². The highest BCUT2D eigenvalue weighted by atomic mass is 16.5. The van der Waals surface area contributed by atoms with Gasteiger partial charge in [0.15, 0.2) is 0 Å². The molecule has 3 fully saturated rings. The second kappa shape index (κ2) is 10.1. The third-order valence-electron chi connectivity index (χ3n) is 8.84. The standard InChI is InChI=1S/C28H43NO4/c1-18-14-25-24(13-10-20(3)28(25,32)15-26(18)33-21(4)30)19(2)16-29(27(31)23-11-12-23)17-22-8-6-5-7-9-22/h14,19-20,22-26,32H,5-13,16-17H2,1-4H3/t19-,20-,24+,25-,26-,28-/m1/s1. The van der Waals surface area contributed by atoms with Crippen molar-refractivity contribution in [2.24, 2.45) is 35.5 Å². The molecule has 0 saturated heterocycles. The van der Waals surface area contributed by atoms with Crippen molar-refractivity contribution in [3.8, 4) is 0 Å². The fraction of sp³-hybridized carbons (Fsp3) is 0.821. The second-order valence-electron chi connectivity index (χ2n) is 11.5. The topological polar surface area (TPSA) is 66.8 Å². The van der Waals surface area contributed by atoms with Crippen LogP contribution in [0, 0.1) is 41.9 Å². The van der Waals surface area contributed by atoms with Crippen molar-refractivity contribution < 1.29 is 19.4 Å². The van der Waals surface area contributed by atoms with Crippen molar-refractivity contribution in [1.29, 1.82) is 0 Å². The number of nitrogens with zero attached hydrogens (tertiary/aromatic N) is 1. The quantitative estimate of drug-likeness (QED) is 0.440. The summed E-state index contributed by atoms with van der Waals surface area (Å²) >= 11 is 0. The van der Waals surface area contributed by atoms with Gasteiger partial charge in [-0.2, -0.15) is 0 Å². The van der Waals surface area contributed by atoms with Crippen LogP contribution in [0.15, 0.2) is 11.6 Å². The summed E-state index contributed by atoms with van der Waals surface area (Å²) < 4.78 is 5.44. The molecular weight excluding hydrogens is 414 g/mol. The number of fused-ring (bicyclic) bond motifs is 1. The molecule has 1 N–H and O–H groups in total. The van der Waals surface area contributed by atoms with Crippen molar-refractivity contribution in [1.82, 2.24) is 4.90 Å². The highest BCUT2D eigenvalue weighted by Gasteiger charge is 2.53. The molecule has 0 aromatic carbocycles. The van der Waals surface area contributed by atoms with Crippen LogP contribution in [0.25, 0.3) is 0 Å². The number of rotatable bonds is 7. The fourth-order valence-corrected chi connectivity index (χ4v) is 6.61. The maximum atomic E-state index is 13.2. The molecule has 4 aliphatic carbocycles. The summed E-state index contributed by atoms with van der Waals surface area (Å²) in [7, 11) is 0. The summed E-state index contributed by atoms with van der Waals surface area (Å²) in [6.07, 6.45) is 15.3. The maximum absolute atomic E-state index is 13.2. The number of ether oxygens (including phenoxy) is 1. The minimum Gasteiger partial charge on any atom is -0.457 e. The predicted molar refractivity (Wildman–Crippen MR) is 128 cm³/mol. The van der Waals surface area contributed by atoms with Crippen molar-refractivity contribution in [2.75, 3.05) is 13.1 Å². The van der Waals surface area contributed by atoms with Crippen molar-refractivity contribution in [3.05, 3.63) is 18.1 Å². The molecular formula is C28H43NO4. The molecule has 1 amide bonds. The van der Waals surface area contributed by atoms with Gasteiger partial charge in [0.1, 0.15) is 6.10 Å². The Morgan fingerprint density at radius 3 is 2.52 bits per heavy atom. The first kappa shape index (κ1) is 24.8. The van der Waals surface area contributed by atoms with E-state index >= 15 is 0 Å². The molecule has 4 rings (SSSR count). The lowest BCUT2D eigenvalue weighted by atomic mass is 9.57. The Balaban J connectivity index is 1.50. The van der Waals surface area contributed by atoms with Gasteiger partial charge < -0.3 is 14.7 Å². The molecule has 5 heteroatoms. The van der Waals surface area contributed by atoms with Gasteiger partial charge in [0.2, 0.25) is 5.91 Å². The maximum Gasteiger partial charge on any atom is 0.303 e. The molecule has 6 atom stereocenters. The van der Waals surface area contributed by atoms with Gasteiger partial charge in [0.05, 0.1) is 12.0 Å². The van der Waals surface area contributed by atoms with Crippen LogP contribution in [0.3, 0.4) is 0 Å². The minimum absolute atomic E-state index is 0.0554. The first-order valence-corrected chi connectivity index (χ1v) is 13.3. The Kier molecular flexibility index (Phi) is 7.57. The number of carbonyl (C=O) groups is 2. The molecule has 2 radical (unpaired) electrons. The second-order valence-corrected chi connectivity index (χ2v) is 11.5. The van der Waals surface area contributed by atoms with Gasteiger partial charge in [-0.05, 0) is 74.7 Å². The van der Waals surface area contributed by atoms with Crippen molar-refractivity contribution in [2.45, 2.75) is 97.2 Å². The summed E-state index contributed by atoms with van der Waals surface area (Å²) in [5, 5.41) is 11.8. The van der Waals surface area contributed by atoms with Gasteiger partial charge in [0.25, 0.3) is 0 Å². The van der Waals surface area contributed by atoms with Crippen molar-refractivity contribution >= 4 is 11.9 Å². The van der Waals surface area contributed by atoms with E-state index in [0.29, 0.717) is 11.8 Å². The SMILES string of the molecule is CC(=O)O[C@@H]1[C][C@@]2(O)[C@H](C)CC[C@@H]([C@H](C)CN(CC3CCCCC3)C(=O)C3CC3)[C@H]2C=C1C. The zero-order chi connectivity index (χ0) is 23.8. The van der Waals surface area contributed by atoms with Crippen LogP contribution in [-0.4, -0.2) is 46.7 Å². The van der Waals surface area contributed by atoms with Crippen LogP contribution < -0.4 is 0 Å². The number of hydrogen-bond acceptors (Lipinski definition) is 4. The monoisotopic (exact) mass is 457 g/mol. The largest absolute Gasteiger partial charge is 0.457 e.